The van der Waals surface area contributed by atoms with Crippen molar-refractivity contribution >= 4 is 16.8 Å². The Morgan fingerprint density at radius 3 is 2.57 bits per heavy atom. The van der Waals surface area contributed by atoms with Crippen LogP contribution in [0.25, 0.3) is 33.4 Å². The fourth-order valence-electron chi connectivity index (χ4n) is 4.55. The van der Waals surface area contributed by atoms with Crippen LogP contribution in [0.1, 0.15) is 49.5 Å². The van der Waals surface area contributed by atoms with E-state index < -0.39 is 0 Å². The van der Waals surface area contributed by atoms with Crippen molar-refractivity contribution in [1.82, 2.24) is 24.7 Å². The summed E-state index contributed by atoms with van der Waals surface area (Å²) in [5.41, 5.74) is 7.31. The van der Waals surface area contributed by atoms with Gasteiger partial charge in [0.1, 0.15) is 23.0 Å². The number of furan rings is 1. The molecule has 35 heavy (non-hydrogen) atoms. The molecular weight excluding hydrogens is 436 g/mol. The van der Waals surface area contributed by atoms with Crippen LogP contribution in [0.5, 0.6) is 0 Å². The Bertz CT molecular complexity index is 1500. The predicted molar refractivity (Wildman–Crippen MR) is 139 cm³/mol. The molecular formula is C28H30N6O. The lowest BCUT2D eigenvalue weighted by molar-refractivity contribution is 0.551. The summed E-state index contributed by atoms with van der Waals surface area (Å²) in [6.07, 6.45) is 9.42. The number of benzene rings is 1. The zero-order valence-electron chi connectivity index (χ0n) is 20.8. The summed E-state index contributed by atoms with van der Waals surface area (Å²) in [6.45, 7) is 8.34. The number of hydrogen-bond acceptors (Lipinski definition) is 6. The van der Waals surface area contributed by atoms with Crippen LogP contribution in [0.15, 0.2) is 59.5 Å². The van der Waals surface area contributed by atoms with Crippen LogP contribution in [0.3, 0.4) is 0 Å². The van der Waals surface area contributed by atoms with Gasteiger partial charge in [-0.25, -0.2) is 9.97 Å². The van der Waals surface area contributed by atoms with Gasteiger partial charge in [0.15, 0.2) is 0 Å². The van der Waals surface area contributed by atoms with Gasteiger partial charge in [0.2, 0.25) is 0 Å². The largest absolute Gasteiger partial charge is 0.461 e. The van der Waals surface area contributed by atoms with Gasteiger partial charge in [-0.2, -0.15) is 5.10 Å². The molecule has 0 spiro atoms. The molecule has 1 aromatic carbocycles. The highest BCUT2D eigenvalue weighted by Gasteiger charge is 2.15. The fraction of sp³-hybridized carbons (Fsp3) is 0.286. The predicted octanol–water partition coefficient (Wildman–Crippen LogP) is 6.29. The van der Waals surface area contributed by atoms with E-state index in [2.05, 4.69) is 59.4 Å². The van der Waals surface area contributed by atoms with Crippen molar-refractivity contribution in [2.24, 2.45) is 7.05 Å². The average molecular weight is 467 g/mol. The zero-order valence-corrected chi connectivity index (χ0v) is 20.8. The molecule has 7 nitrogen and oxygen atoms in total. The Morgan fingerprint density at radius 2 is 1.83 bits per heavy atom. The van der Waals surface area contributed by atoms with Crippen molar-refractivity contribution in [3.63, 3.8) is 0 Å². The van der Waals surface area contributed by atoms with Gasteiger partial charge in [0.25, 0.3) is 0 Å². The number of aryl methyl sites for hydroxylation is 4. The molecule has 4 heterocycles. The summed E-state index contributed by atoms with van der Waals surface area (Å²) in [6, 6.07) is 10.5. The highest BCUT2D eigenvalue weighted by atomic mass is 16.3. The number of rotatable bonds is 7. The fourth-order valence-corrected chi connectivity index (χ4v) is 4.55. The average Bonchev–Trinajstić information content (AvgIpc) is 3.46. The molecule has 1 unspecified atom stereocenters. The Labute approximate surface area is 205 Å². The Morgan fingerprint density at radius 1 is 0.971 bits per heavy atom. The van der Waals surface area contributed by atoms with E-state index in [4.69, 9.17) is 9.40 Å². The molecule has 1 atom stereocenters. The number of fused-ring (bicyclic) bond motifs is 1. The number of nitrogens with zero attached hydrogens (tertiary/aromatic N) is 5. The van der Waals surface area contributed by atoms with Gasteiger partial charge in [-0.05, 0) is 50.1 Å². The lowest BCUT2D eigenvalue weighted by atomic mass is 10.0. The van der Waals surface area contributed by atoms with Crippen molar-refractivity contribution in [3.8, 4) is 22.4 Å². The van der Waals surface area contributed by atoms with E-state index in [1.54, 1.807) is 4.68 Å². The van der Waals surface area contributed by atoms with Crippen LogP contribution >= 0.6 is 0 Å². The number of pyridine rings is 1. The van der Waals surface area contributed by atoms with E-state index in [1.165, 1.54) is 10.9 Å². The molecule has 4 aromatic heterocycles. The third kappa shape index (κ3) is 4.54. The Balaban J connectivity index is 1.44. The standard InChI is InChI=1S/C28H30N6O/c1-6-23-24-11-19(8-9-27(24)35-26(23)7-2)25-12-28(33-18(4)32-25)31-17(3)20-10-21(14-29-13-20)22-15-30-34(5)16-22/h8-17H,6-7H2,1-5H3,(H,31,32,33). The second-order valence-electron chi connectivity index (χ2n) is 8.88. The van der Waals surface area contributed by atoms with Crippen molar-refractivity contribution < 1.29 is 4.42 Å². The van der Waals surface area contributed by atoms with Gasteiger partial charge in [-0.3, -0.25) is 9.67 Å². The molecule has 0 saturated heterocycles. The van der Waals surface area contributed by atoms with Crippen molar-refractivity contribution in [3.05, 3.63) is 77.8 Å². The summed E-state index contributed by atoms with van der Waals surface area (Å²) < 4.78 is 7.86. The van der Waals surface area contributed by atoms with Crippen LogP contribution in [-0.2, 0) is 19.9 Å². The molecule has 0 bridgehead atoms. The van der Waals surface area contributed by atoms with E-state index in [0.29, 0.717) is 0 Å². The summed E-state index contributed by atoms with van der Waals surface area (Å²) in [5, 5.41) is 8.97. The molecule has 0 amide bonds. The van der Waals surface area contributed by atoms with Crippen LogP contribution < -0.4 is 5.32 Å². The molecule has 0 aliphatic rings. The minimum Gasteiger partial charge on any atom is -0.461 e. The first-order valence-corrected chi connectivity index (χ1v) is 12.1. The molecule has 0 fully saturated rings. The lowest BCUT2D eigenvalue weighted by Crippen LogP contribution is -2.09. The molecule has 0 radical (unpaired) electrons. The van der Waals surface area contributed by atoms with Gasteiger partial charge in [-0.15, -0.1) is 0 Å². The van der Waals surface area contributed by atoms with Gasteiger partial charge in [0.05, 0.1) is 17.9 Å². The summed E-state index contributed by atoms with van der Waals surface area (Å²) in [7, 11) is 1.91. The minimum atomic E-state index is 0.0106. The molecule has 178 valence electrons. The number of anilines is 1. The minimum absolute atomic E-state index is 0.0106. The molecule has 1 N–H and O–H groups in total. The Hall–Kier alpha value is -4.00. The van der Waals surface area contributed by atoms with Crippen molar-refractivity contribution in [1.29, 1.82) is 0 Å². The number of hydrogen-bond donors (Lipinski definition) is 1. The summed E-state index contributed by atoms with van der Waals surface area (Å²) in [5.74, 6) is 2.57. The van der Waals surface area contributed by atoms with Crippen LogP contribution in [0.4, 0.5) is 5.82 Å². The first kappa shape index (κ1) is 22.8. The maximum absolute atomic E-state index is 6.07. The van der Waals surface area contributed by atoms with E-state index >= 15 is 0 Å². The van der Waals surface area contributed by atoms with E-state index in [9.17, 15) is 0 Å². The zero-order chi connectivity index (χ0) is 24.5. The van der Waals surface area contributed by atoms with Gasteiger partial charge in [-0.1, -0.05) is 13.8 Å². The maximum Gasteiger partial charge on any atom is 0.134 e. The SMILES string of the molecule is CCc1oc2ccc(-c3cc(NC(C)c4cncc(-c5cnn(C)c5)c4)nc(C)n3)cc2c1CC. The molecule has 7 heteroatoms. The third-order valence-corrected chi connectivity index (χ3v) is 6.34. The molecule has 5 aromatic rings. The van der Waals surface area contributed by atoms with E-state index in [0.717, 1.165) is 63.8 Å². The molecule has 0 aliphatic carbocycles. The number of nitrogens with one attached hydrogen (secondary N) is 1. The second kappa shape index (κ2) is 9.33. The smallest absolute Gasteiger partial charge is 0.134 e. The highest BCUT2D eigenvalue weighted by molar-refractivity contribution is 5.87. The first-order valence-electron chi connectivity index (χ1n) is 12.1. The normalized spacial score (nSPS) is 12.3. The van der Waals surface area contributed by atoms with Crippen LogP contribution in [0.2, 0.25) is 0 Å². The van der Waals surface area contributed by atoms with Gasteiger partial charge < -0.3 is 9.73 Å². The molecule has 5 rings (SSSR count). The maximum atomic E-state index is 6.07. The van der Waals surface area contributed by atoms with Gasteiger partial charge in [0, 0.05) is 65.8 Å². The van der Waals surface area contributed by atoms with Crippen molar-refractivity contribution in [2.75, 3.05) is 5.32 Å². The first-order chi connectivity index (χ1) is 16.9. The lowest BCUT2D eigenvalue weighted by Gasteiger charge is -2.16. The molecule has 0 saturated carbocycles. The second-order valence-corrected chi connectivity index (χ2v) is 8.88. The monoisotopic (exact) mass is 466 g/mol. The van der Waals surface area contributed by atoms with E-state index in [1.807, 2.05) is 50.9 Å². The topological polar surface area (TPSA) is 81.7 Å². The quantitative estimate of drug-likeness (QED) is 0.303. The number of aromatic nitrogens is 5. The highest BCUT2D eigenvalue weighted by Crippen LogP contribution is 2.32. The third-order valence-electron chi connectivity index (χ3n) is 6.34. The Kier molecular flexibility index (Phi) is 6.07. The molecule has 0 aliphatic heterocycles. The van der Waals surface area contributed by atoms with Crippen LogP contribution in [-0.4, -0.2) is 24.7 Å². The van der Waals surface area contributed by atoms with Crippen molar-refractivity contribution in [2.45, 2.75) is 46.6 Å². The summed E-state index contributed by atoms with van der Waals surface area (Å²) in [4.78, 5) is 13.8. The summed E-state index contributed by atoms with van der Waals surface area (Å²) >= 11 is 0. The van der Waals surface area contributed by atoms with Gasteiger partial charge >= 0.3 is 0 Å². The van der Waals surface area contributed by atoms with E-state index in [-0.39, 0.29) is 6.04 Å². The van der Waals surface area contributed by atoms with Crippen LogP contribution in [0, 0.1) is 6.92 Å².